The summed E-state index contributed by atoms with van der Waals surface area (Å²) in [7, 11) is 0. The molecule has 1 atom stereocenters. The van der Waals surface area contributed by atoms with Crippen LogP contribution in [0.25, 0.3) is 0 Å². The van der Waals surface area contributed by atoms with Crippen molar-refractivity contribution < 1.29 is 19.1 Å². The third kappa shape index (κ3) is 3.34. The molecule has 1 spiro atoms. The van der Waals surface area contributed by atoms with Gasteiger partial charge in [-0.3, -0.25) is 19.4 Å². The first-order valence-corrected chi connectivity index (χ1v) is 10.8. The number of imide groups is 1. The summed E-state index contributed by atoms with van der Waals surface area (Å²) in [6, 6.07) is 16.2. The van der Waals surface area contributed by atoms with Crippen LogP contribution in [0, 0.1) is 0 Å². The Morgan fingerprint density at radius 3 is 2.48 bits per heavy atom. The maximum absolute atomic E-state index is 13.6. The summed E-state index contributed by atoms with van der Waals surface area (Å²) in [6.07, 6.45) is 4.14. The molecule has 2 aromatic rings. The molecule has 1 aliphatic carbocycles. The molecule has 1 saturated heterocycles. The quantitative estimate of drug-likeness (QED) is 0.774. The van der Waals surface area contributed by atoms with E-state index in [4.69, 9.17) is 4.74 Å². The van der Waals surface area contributed by atoms with E-state index in [9.17, 15) is 14.4 Å². The van der Waals surface area contributed by atoms with Crippen LogP contribution in [0.2, 0.25) is 0 Å². The van der Waals surface area contributed by atoms with Gasteiger partial charge in [0.25, 0.3) is 5.91 Å². The standard InChI is InChI=1S/C24H25N3O4/c28-21(15-26-22(29)24(25-23(26)30)13-7-2-8-14-24)27-18-11-5-6-12-20(18)31-16-19(27)17-9-3-1-4-10-17/h1,3-6,9-12,19H,2,7-8,13-16H2,(H,25,30). The lowest BCUT2D eigenvalue weighted by molar-refractivity contribution is -0.135. The first-order valence-electron chi connectivity index (χ1n) is 10.8. The van der Waals surface area contributed by atoms with E-state index in [0.717, 1.165) is 29.7 Å². The lowest BCUT2D eigenvalue weighted by Gasteiger charge is -2.38. The minimum Gasteiger partial charge on any atom is -0.489 e. The summed E-state index contributed by atoms with van der Waals surface area (Å²) in [5.74, 6) is 0.0355. The van der Waals surface area contributed by atoms with E-state index in [2.05, 4.69) is 5.32 Å². The molecule has 160 valence electrons. The second-order valence-corrected chi connectivity index (χ2v) is 8.43. The Labute approximate surface area is 181 Å². The molecular weight excluding hydrogens is 394 g/mol. The van der Waals surface area contributed by atoms with Crippen LogP contribution in [0.5, 0.6) is 5.75 Å². The molecule has 7 nitrogen and oxygen atoms in total. The summed E-state index contributed by atoms with van der Waals surface area (Å²) < 4.78 is 5.92. The number of nitrogens with zero attached hydrogens (tertiary/aromatic N) is 2. The van der Waals surface area contributed by atoms with E-state index < -0.39 is 11.6 Å². The van der Waals surface area contributed by atoms with Crippen molar-refractivity contribution in [1.82, 2.24) is 10.2 Å². The van der Waals surface area contributed by atoms with E-state index in [-0.39, 0.29) is 24.4 Å². The predicted molar refractivity (Wildman–Crippen MR) is 115 cm³/mol. The van der Waals surface area contributed by atoms with Gasteiger partial charge in [-0.15, -0.1) is 0 Å². The lowest BCUT2D eigenvalue weighted by Crippen LogP contribution is -2.50. The highest BCUT2D eigenvalue weighted by Gasteiger charge is 2.52. The van der Waals surface area contributed by atoms with Crippen molar-refractivity contribution >= 4 is 23.5 Å². The Bertz CT molecular complexity index is 1020. The van der Waals surface area contributed by atoms with E-state index in [1.165, 1.54) is 0 Å². The van der Waals surface area contributed by atoms with Gasteiger partial charge in [0.15, 0.2) is 0 Å². The molecule has 3 aliphatic rings. The smallest absolute Gasteiger partial charge is 0.325 e. The van der Waals surface area contributed by atoms with Gasteiger partial charge in [0, 0.05) is 0 Å². The molecule has 4 amide bonds. The van der Waals surface area contributed by atoms with Gasteiger partial charge in [0.1, 0.15) is 24.4 Å². The van der Waals surface area contributed by atoms with Crippen LogP contribution in [0.3, 0.4) is 0 Å². The van der Waals surface area contributed by atoms with Gasteiger partial charge in [-0.25, -0.2) is 4.79 Å². The third-order valence-electron chi connectivity index (χ3n) is 6.53. The SMILES string of the molecule is O=C1NC2(CCCCC2)C(=O)N1CC(=O)N1c2ccccc2OCC1c1ccccc1. The van der Waals surface area contributed by atoms with Crippen LogP contribution in [-0.4, -0.2) is 41.4 Å². The maximum Gasteiger partial charge on any atom is 0.325 e. The fourth-order valence-electron chi connectivity index (χ4n) is 4.94. The molecule has 1 N–H and O–H groups in total. The lowest BCUT2D eigenvalue weighted by atomic mass is 9.82. The minimum absolute atomic E-state index is 0.275. The number of carbonyl (C=O) groups is 3. The van der Waals surface area contributed by atoms with Crippen LogP contribution in [0.1, 0.15) is 43.7 Å². The molecule has 2 aliphatic heterocycles. The largest absolute Gasteiger partial charge is 0.489 e. The summed E-state index contributed by atoms with van der Waals surface area (Å²) in [5, 5.41) is 2.88. The summed E-state index contributed by atoms with van der Waals surface area (Å²) >= 11 is 0. The highest BCUT2D eigenvalue weighted by molar-refractivity contribution is 6.10. The summed E-state index contributed by atoms with van der Waals surface area (Å²) in [5.41, 5.74) is 0.746. The number of urea groups is 1. The molecule has 2 fully saturated rings. The third-order valence-corrected chi connectivity index (χ3v) is 6.53. The topological polar surface area (TPSA) is 79.0 Å². The van der Waals surface area contributed by atoms with Crippen molar-refractivity contribution in [3.8, 4) is 5.75 Å². The Balaban J connectivity index is 1.45. The second kappa shape index (κ2) is 7.72. The zero-order valence-electron chi connectivity index (χ0n) is 17.3. The number of amides is 4. The maximum atomic E-state index is 13.6. The second-order valence-electron chi connectivity index (χ2n) is 8.43. The fourth-order valence-corrected chi connectivity index (χ4v) is 4.94. The Hall–Kier alpha value is -3.35. The Morgan fingerprint density at radius 1 is 1.00 bits per heavy atom. The van der Waals surface area contributed by atoms with Crippen LogP contribution < -0.4 is 15.0 Å². The zero-order chi connectivity index (χ0) is 21.4. The molecule has 0 bridgehead atoms. The van der Waals surface area contributed by atoms with Gasteiger partial charge < -0.3 is 10.1 Å². The van der Waals surface area contributed by atoms with Crippen LogP contribution in [-0.2, 0) is 9.59 Å². The number of rotatable bonds is 3. The van der Waals surface area contributed by atoms with Crippen molar-refractivity contribution in [2.45, 2.75) is 43.7 Å². The number of carbonyl (C=O) groups excluding carboxylic acids is 3. The average molecular weight is 419 g/mol. The van der Waals surface area contributed by atoms with Gasteiger partial charge >= 0.3 is 6.03 Å². The van der Waals surface area contributed by atoms with Gasteiger partial charge in [-0.05, 0) is 30.5 Å². The molecular formula is C24H25N3O4. The van der Waals surface area contributed by atoms with E-state index >= 15 is 0 Å². The van der Waals surface area contributed by atoms with Gasteiger partial charge in [0.2, 0.25) is 5.91 Å². The molecule has 2 heterocycles. The molecule has 1 unspecified atom stereocenters. The molecule has 2 aromatic carbocycles. The number of benzene rings is 2. The van der Waals surface area contributed by atoms with Crippen molar-refractivity contribution in [1.29, 1.82) is 0 Å². The van der Waals surface area contributed by atoms with Gasteiger partial charge in [-0.2, -0.15) is 0 Å². The number of hydrogen-bond acceptors (Lipinski definition) is 4. The molecule has 31 heavy (non-hydrogen) atoms. The fraction of sp³-hybridized carbons (Fsp3) is 0.375. The van der Waals surface area contributed by atoms with Crippen molar-refractivity contribution in [2.24, 2.45) is 0 Å². The molecule has 1 saturated carbocycles. The highest BCUT2D eigenvalue weighted by Crippen LogP contribution is 2.40. The minimum atomic E-state index is -0.836. The molecule has 0 radical (unpaired) electrons. The highest BCUT2D eigenvalue weighted by atomic mass is 16.5. The van der Waals surface area contributed by atoms with E-state index in [1.807, 2.05) is 54.6 Å². The number of hydrogen-bond donors (Lipinski definition) is 1. The average Bonchev–Trinajstić information content (AvgIpc) is 3.03. The molecule has 0 aromatic heterocycles. The van der Waals surface area contributed by atoms with Gasteiger partial charge in [0.05, 0.1) is 11.7 Å². The van der Waals surface area contributed by atoms with Crippen LogP contribution >= 0.6 is 0 Å². The van der Waals surface area contributed by atoms with Crippen molar-refractivity contribution in [3.05, 3.63) is 60.2 Å². The number of nitrogens with one attached hydrogen (secondary N) is 1. The number of ether oxygens (including phenoxy) is 1. The predicted octanol–water partition coefficient (Wildman–Crippen LogP) is 3.41. The summed E-state index contributed by atoms with van der Waals surface area (Å²) in [4.78, 5) is 42.1. The summed E-state index contributed by atoms with van der Waals surface area (Å²) in [6.45, 7) is 0.0148. The monoisotopic (exact) mass is 419 g/mol. The number of anilines is 1. The first-order chi connectivity index (χ1) is 15.1. The van der Waals surface area contributed by atoms with Crippen molar-refractivity contribution in [3.63, 3.8) is 0 Å². The van der Waals surface area contributed by atoms with E-state index in [1.54, 1.807) is 4.90 Å². The van der Waals surface area contributed by atoms with Gasteiger partial charge in [-0.1, -0.05) is 61.7 Å². The van der Waals surface area contributed by atoms with Crippen LogP contribution in [0.4, 0.5) is 10.5 Å². The Morgan fingerprint density at radius 2 is 1.71 bits per heavy atom. The first kappa shape index (κ1) is 19.6. The normalized spacial score (nSPS) is 22.1. The molecule has 7 heteroatoms. The van der Waals surface area contributed by atoms with Crippen LogP contribution in [0.15, 0.2) is 54.6 Å². The number of para-hydroxylation sites is 2. The Kier molecular flexibility index (Phi) is 4.88. The zero-order valence-corrected chi connectivity index (χ0v) is 17.3. The van der Waals surface area contributed by atoms with E-state index in [0.29, 0.717) is 30.9 Å². The molecule has 5 rings (SSSR count). The number of fused-ring (bicyclic) bond motifs is 1. The van der Waals surface area contributed by atoms with Crippen molar-refractivity contribution in [2.75, 3.05) is 18.1 Å².